The summed E-state index contributed by atoms with van der Waals surface area (Å²) in [6.45, 7) is 2.92. The van der Waals surface area contributed by atoms with Crippen molar-refractivity contribution >= 4 is 12.2 Å². The third kappa shape index (κ3) is 2.61. The highest BCUT2D eigenvalue weighted by atomic mass is 16.6. The molecule has 0 unspecified atom stereocenters. The minimum Gasteiger partial charge on any atom is -0.449 e. The molecule has 1 aliphatic heterocycles. The number of carbonyl (C=O) groups is 2. The maximum atomic E-state index is 11.1. The first kappa shape index (κ1) is 9.83. The summed E-state index contributed by atoms with van der Waals surface area (Å²) < 4.78 is 9.40. The van der Waals surface area contributed by atoms with Crippen LogP contribution in [-0.2, 0) is 9.47 Å². The summed E-state index contributed by atoms with van der Waals surface area (Å²) in [4.78, 5) is 23.0. The Balaban J connectivity index is 2.26. The molecule has 5 nitrogen and oxygen atoms in total. The predicted molar refractivity (Wildman–Crippen MR) is 44.3 cm³/mol. The average molecular weight is 187 g/mol. The number of rotatable bonds is 3. The van der Waals surface area contributed by atoms with Gasteiger partial charge in [0.2, 0.25) is 0 Å². The molecular formula is C8H13NO4. The summed E-state index contributed by atoms with van der Waals surface area (Å²) in [5, 5.41) is 0. The van der Waals surface area contributed by atoms with Gasteiger partial charge in [-0.1, -0.05) is 13.3 Å². The maximum Gasteiger partial charge on any atom is 0.419 e. The van der Waals surface area contributed by atoms with E-state index in [2.05, 4.69) is 4.74 Å². The highest BCUT2D eigenvalue weighted by Crippen LogP contribution is 2.05. The minimum absolute atomic E-state index is 0.266. The molecule has 0 spiro atoms. The quantitative estimate of drug-likeness (QED) is 0.626. The molecule has 0 atom stereocenters. The summed E-state index contributed by atoms with van der Waals surface area (Å²) in [5.41, 5.74) is 0. The molecule has 0 aliphatic carbocycles. The second-order valence-corrected chi connectivity index (χ2v) is 2.73. The molecule has 2 amide bonds. The van der Waals surface area contributed by atoms with E-state index < -0.39 is 12.2 Å². The van der Waals surface area contributed by atoms with E-state index in [1.807, 2.05) is 6.92 Å². The minimum atomic E-state index is -0.610. The first-order valence-corrected chi connectivity index (χ1v) is 4.36. The third-order valence-electron chi connectivity index (χ3n) is 1.70. The van der Waals surface area contributed by atoms with Crippen LogP contribution in [0.2, 0.25) is 0 Å². The molecular weight excluding hydrogens is 174 g/mol. The Morgan fingerprint density at radius 3 is 3.00 bits per heavy atom. The van der Waals surface area contributed by atoms with E-state index in [1.54, 1.807) is 0 Å². The van der Waals surface area contributed by atoms with Gasteiger partial charge in [0.05, 0.1) is 13.2 Å². The molecule has 0 N–H and O–H groups in total. The maximum absolute atomic E-state index is 11.1. The Morgan fingerprint density at radius 1 is 1.69 bits per heavy atom. The van der Waals surface area contributed by atoms with E-state index in [1.165, 1.54) is 0 Å². The van der Waals surface area contributed by atoms with Crippen LogP contribution in [-0.4, -0.2) is 36.8 Å². The number of ether oxygens (including phenoxy) is 2. The lowest BCUT2D eigenvalue weighted by molar-refractivity contribution is 0.108. The van der Waals surface area contributed by atoms with Crippen molar-refractivity contribution in [3.05, 3.63) is 0 Å². The Kier molecular flexibility index (Phi) is 3.54. The molecule has 0 radical (unpaired) electrons. The van der Waals surface area contributed by atoms with E-state index in [-0.39, 0.29) is 6.61 Å². The van der Waals surface area contributed by atoms with Gasteiger partial charge in [-0.25, -0.2) is 14.5 Å². The molecule has 0 aromatic rings. The molecule has 1 saturated heterocycles. The summed E-state index contributed by atoms with van der Waals surface area (Å²) in [6.07, 6.45) is 0.559. The van der Waals surface area contributed by atoms with E-state index in [9.17, 15) is 9.59 Å². The first-order chi connectivity index (χ1) is 6.25. The molecule has 74 valence electrons. The topological polar surface area (TPSA) is 55.8 Å². The van der Waals surface area contributed by atoms with Crippen LogP contribution in [0, 0.1) is 0 Å². The van der Waals surface area contributed by atoms with Gasteiger partial charge in [0.15, 0.2) is 0 Å². The summed E-state index contributed by atoms with van der Waals surface area (Å²) in [5.74, 6) is 0. The van der Waals surface area contributed by atoms with Crippen molar-refractivity contribution in [3.8, 4) is 0 Å². The lowest BCUT2D eigenvalue weighted by Crippen LogP contribution is -2.32. The Labute approximate surface area is 76.6 Å². The van der Waals surface area contributed by atoms with Crippen molar-refractivity contribution in [1.82, 2.24) is 4.90 Å². The van der Waals surface area contributed by atoms with Gasteiger partial charge in [0, 0.05) is 0 Å². The van der Waals surface area contributed by atoms with Gasteiger partial charge < -0.3 is 9.47 Å². The number of hydrogen-bond donors (Lipinski definition) is 0. The number of cyclic esters (lactones) is 1. The van der Waals surface area contributed by atoms with Gasteiger partial charge in [-0.15, -0.1) is 0 Å². The number of unbranched alkanes of at least 4 members (excludes halogenated alkanes) is 1. The van der Waals surface area contributed by atoms with Gasteiger partial charge in [-0.2, -0.15) is 0 Å². The molecule has 0 aromatic heterocycles. The predicted octanol–water partition coefficient (Wildman–Crippen LogP) is 1.38. The Bertz CT molecular complexity index is 204. The zero-order valence-corrected chi connectivity index (χ0v) is 7.62. The largest absolute Gasteiger partial charge is 0.449 e. The monoisotopic (exact) mass is 187 g/mol. The van der Waals surface area contributed by atoms with Crippen LogP contribution in [0.1, 0.15) is 19.8 Å². The Hall–Kier alpha value is -1.26. The SMILES string of the molecule is CCCCOC(=O)N1CCOC1=O. The summed E-state index contributed by atoms with van der Waals surface area (Å²) in [7, 11) is 0. The number of amides is 2. The number of carbonyl (C=O) groups excluding carboxylic acids is 2. The van der Waals surface area contributed by atoms with Crippen LogP contribution in [0.15, 0.2) is 0 Å². The van der Waals surface area contributed by atoms with E-state index in [0.29, 0.717) is 13.2 Å². The van der Waals surface area contributed by atoms with Crippen molar-refractivity contribution in [2.24, 2.45) is 0 Å². The summed E-state index contributed by atoms with van der Waals surface area (Å²) >= 11 is 0. The molecule has 1 fully saturated rings. The Morgan fingerprint density at radius 2 is 2.46 bits per heavy atom. The normalized spacial score (nSPS) is 15.8. The van der Waals surface area contributed by atoms with Crippen LogP contribution in [0.25, 0.3) is 0 Å². The van der Waals surface area contributed by atoms with Crippen molar-refractivity contribution in [1.29, 1.82) is 0 Å². The zero-order valence-electron chi connectivity index (χ0n) is 7.62. The van der Waals surface area contributed by atoms with Crippen LogP contribution in [0.4, 0.5) is 9.59 Å². The molecule has 13 heavy (non-hydrogen) atoms. The third-order valence-corrected chi connectivity index (χ3v) is 1.70. The van der Waals surface area contributed by atoms with Crippen LogP contribution in [0.3, 0.4) is 0 Å². The van der Waals surface area contributed by atoms with E-state index in [4.69, 9.17) is 4.74 Å². The average Bonchev–Trinajstić information content (AvgIpc) is 2.52. The van der Waals surface area contributed by atoms with Crippen molar-refractivity contribution in [3.63, 3.8) is 0 Å². The van der Waals surface area contributed by atoms with Crippen LogP contribution >= 0.6 is 0 Å². The number of hydrogen-bond acceptors (Lipinski definition) is 4. The summed E-state index contributed by atoms with van der Waals surface area (Å²) in [6, 6.07) is 0. The number of imide groups is 1. The molecule has 5 heteroatoms. The van der Waals surface area contributed by atoms with Gasteiger partial charge in [0.25, 0.3) is 0 Å². The molecule has 0 aromatic carbocycles. The van der Waals surface area contributed by atoms with Crippen LogP contribution < -0.4 is 0 Å². The fourth-order valence-electron chi connectivity index (χ4n) is 0.941. The van der Waals surface area contributed by atoms with Gasteiger partial charge in [-0.3, -0.25) is 0 Å². The second-order valence-electron chi connectivity index (χ2n) is 2.73. The molecule has 0 saturated carbocycles. The second kappa shape index (κ2) is 4.69. The fraction of sp³-hybridized carbons (Fsp3) is 0.750. The van der Waals surface area contributed by atoms with Crippen molar-refractivity contribution in [2.45, 2.75) is 19.8 Å². The smallest absolute Gasteiger partial charge is 0.419 e. The lowest BCUT2D eigenvalue weighted by Gasteiger charge is -2.10. The fourth-order valence-corrected chi connectivity index (χ4v) is 0.941. The zero-order chi connectivity index (χ0) is 9.68. The highest BCUT2D eigenvalue weighted by Gasteiger charge is 2.29. The van der Waals surface area contributed by atoms with Crippen molar-refractivity contribution < 1.29 is 19.1 Å². The van der Waals surface area contributed by atoms with Gasteiger partial charge in [0.1, 0.15) is 6.61 Å². The van der Waals surface area contributed by atoms with Crippen LogP contribution in [0.5, 0.6) is 0 Å². The standard InChI is InChI=1S/C8H13NO4/c1-2-3-5-12-7(10)9-4-6-13-8(9)11/h2-6H2,1H3. The van der Waals surface area contributed by atoms with Gasteiger partial charge >= 0.3 is 12.2 Å². The molecule has 1 rings (SSSR count). The lowest BCUT2D eigenvalue weighted by atomic mass is 10.4. The highest BCUT2D eigenvalue weighted by molar-refractivity contribution is 5.88. The van der Waals surface area contributed by atoms with E-state index >= 15 is 0 Å². The molecule has 1 aliphatic rings. The molecule has 0 bridgehead atoms. The first-order valence-electron chi connectivity index (χ1n) is 4.36. The number of nitrogens with zero attached hydrogens (tertiary/aromatic N) is 1. The molecule has 1 heterocycles. The van der Waals surface area contributed by atoms with E-state index in [0.717, 1.165) is 17.7 Å². The van der Waals surface area contributed by atoms with Crippen molar-refractivity contribution in [2.75, 3.05) is 19.8 Å². The van der Waals surface area contributed by atoms with Gasteiger partial charge in [-0.05, 0) is 6.42 Å².